The van der Waals surface area contributed by atoms with E-state index in [1.165, 1.54) is 18.3 Å². The average molecular weight is 482 g/mol. The summed E-state index contributed by atoms with van der Waals surface area (Å²) in [7, 11) is 1.49. The molecule has 2 aliphatic rings. The van der Waals surface area contributed by atoms with Gasteiger partial charge in [0.2, 0.25) is 12.4 Å². The largest absolute Gasteiger partial charge is 0.409 e. The van der Waals surface area contributed by atoms with Gasteiger partial charge < -0.3 is 9.13 Å². The SMILES string of the molecule is CN1CCc2c(ncn2-c2cc[n+](Nc3cccc(-c4nncn4C4CC4)c3)cc2)C1C(F)(F)F. The molecule has 1 N–H and O–H groups in total. The van der Waals surface area contributed by atoms with Crippen molar-refractivity contribution >= 4 is 5.69 Å². The summed E-state index contributed by atoms with van der Waals surface area (Å²) in [4.78, 5) is 5.45. The van der Waals surface area contributed by atoms with Gasteiger partial charge >= 0.3 is 6.18 Å². The van der Waals surface area contributed by atoms with E-state index in [-0.39, 0.29) is 5.69 Å². The van der Waals surface area contributed by atoms with Crippen LogP contribution in [-0.2, 0) is 6.42 Å². The highest BCUT2D eigenvalue weighted by molar-refractivity contribution is 5.62. The number of pyridine rings is 1. The highest BCUT2D eigenvalue weighted by atomic mass is 19.4. The van der Waals surface area contributed by atoms with E-state index in [0.29, 0.717) is 24.7 Å². The van der Waals surface area contributed by atoms with Gasteiger partial charge in [0.1, 0.15) is 6.33 Å². The van der Waals surface area contributed by atoms with Crippen LogP contribution in [0.5, 0.6) is 0 Å². The Labute approximate surface area is 199 Å². The second kappa shape index (κ2) is 8.19. The first-order valence-electron chi connectivity index (χ1n) is 11.5. The van der Waals surface area contributed by atoms with Gasteiger partial charge in [-0.3, -0.25) is 4.90 Å². The first-order chi connectivity index (χ1) is 16.9. The van der Waals surface area contributed by atoms with Crippen molar-refractivity contribution in [2.75, 3.05) is 19.0 Å². The number of hydrogen-bond acceptors (Lipinski definition) is 5. The van der Waals surface area contributed by atoms with Crippen molar-refractivity contribution in [3.63, 3.8) is 0 Å². The molecule has 35 heavy (non-hydrogen) atoms. The molecule has 1 unspecified atom stereocenters. The number of halogens is 3. The van der Waals surface area contributed by atoms with Crippen LogP contribution in [0.4, 0.5) is 18.9 Å². The summed E-state index contributed by atoms with van der Waals surface area (Å²) in [5.41, 5.74) is 6.61. The molecule has 1 saturated carbocycles. The van der Waals surface area contributed by atoms with Gasteiger partial charge in [-0.05, 0) is 32.0 Å². The lowest BCUT2D eigenvalue weighted by Gasteiger charge is -2.33. The molecule has 1 aromatic carbocycles. The van der Waals surface area contributed by atoms with Crippen LogP contribution in [0.3, 0.4) is 0 Å². The minimum absolute atomic E-state index is 0.0805. The van der Waals surface area contributed by atoms with E-state index in [4.69, 9.17) is 0 Å². The molecule has 0 spiro atoms. The highest BCUT2D eigenvalue weighted by Gasteiger charge is 2.48. The van der Waals surface area contributed by atoms with Crippen molar-refractivity contribution in [2.24, 2.45) is 0 Å². The maximum absolute atomic E-state index is 13.6. The smallest absolute Gasteiger partial charge is 0.310 e. The van der Waals surface area contributed by atoms with Gasteiger partial charge in [0.25, 0.3) is 0 Å². The van der Waals surface area contributed by atoms with Crippen molar-refractivity contribution in [1.29, 1.82) is 0 Å². The molecule has 0 saturated heterocycles. The van der Waals surface area contributed by atoms with Gasteiger partial charge in [0, 0.05) is 42.4 Å². The van der Waals surface area contributed by atoms with E-state index in [9.17, 15) is 13.2 Å². The topological polar surface area (TPSA) is 67.7 Å². The number of nitrogens with one attached hydrogen (secondary N) is 1. The number of likely N-dealkylation sites (N-methyl/N-ethyl adjacent to an activating group) is 1. The Hall–Kier alpha value is -3.73. The number of alkyl halides is 3. The molecule has 0 bridgehead atoms. The first kappa shape index (κ1) is 21.8. The molecule has 1 fully saturated rings. The highest BCUT2D eigenvalue weighted by Crippen LogP contribution is 2.41. The molecule has 6 rings (SSSR count). The fraction of sp³-hybridized carbons (Fsp3) is 0.333. The Bertz CT molecular complexity index is 1350. The van der Waals surface area contributed by atoms with Crippen LogP contribution < -0.4 is 10.1 Å². The lowest BCUT2D eigenvalue weighted by molar-refractivity contribution is -0.642. The van der Waals surface area contributed by atoms with Crippen LogP contribution >= 0.6 is 0 Å². The molecule has 1 aliphatic heterocycles. The Morgan fingerprint density at radius 1 is 1.09 bits per heavy atom. The second-order valence-corrected chi connectivity index (χ2v) is 9.07. The quantitative estimate of drug-likeness (QED) is 0.440. The minimum atomic E-state index is -4.37. The van der Waals surface area contributed by atoms with E-state index in [1.807, 2.05) is 48.8 Å². The number of fused-ring (bicyclic) bond motifs is 1. The zero-order valence-corrected chi connectivity index (χ0v) is 19.0. The zero-order chi connectivity index (χ0) is 24.2. The number of imidazole rings is 1. The van der Waals surface area contributed by atoms with Crippen LogP contribution in [0.2, 0.25) is 0 Å². The van der Waals surface area contributed by atoms with Gasteiger partial charge in [-0.25, -0.2) is 4.98 Å². The predicted molar refractivity (Wildman–Crippen MR) is 122 cm³/mol. The van der Waals surface area contributed by atoms with E-state index in [1.54, 1.807) is 15.6 Å². The van der Waals surface area contributed by atoms with E-state index in [2.05, 4.69) is 25.2 Å². The monoisotopic (exact) mass is 481 g/mol. The number of anilines is 1. The zero-order valence-electron chi connectivity index (χ0n) is 19.0. The lowest BCUT2D eigenvalue weighted by Crippen LogP contribution is -2.42. The standard InChI is InChI=1S/C24H24F3N8/c1-32-10-9-20-21(22(32)24(25,26)27)28-14-34(20)19-7-11-33(12-8-19)31-17-4-2-3-16(13-17)23-30-29-15-35(23)18-5-6-18/h2-4,7-8,11-15,18,22,31H,5-6,9-10H2,1H3/q+1. The summed E-state index contributed by atoms with van der Waals surface area (Å²) in [6.07, 6.45) is 5.36. The molecule has 0 amide bonds. The molecule has 3 aromatic heterocycles. The maximum atomic E-state index is 13.6. The summed E-state index contributed by atoms with van der Waals surface area (Å²) >= 11 is 0. The number of benzene rings is 1. The van der Waals surface area contributed by atoms with Crippen molar-refractivity contribution in [3.05, 3.63) is 72.8 Å². The van der Waals surface area contributed by atoms with Gasteiger partial charge in [0.15, 0.2) is 11.9 Å². The van der Waals surface area contributed by atoms with Crippen LogP contribution in [0.15, 0.2) is 61.4 Å². The third-order valence-electron chi connectivity index (χ3n) is 6.59. The Kier molecular flexibility index (Phi) is 5.10. The third-order valence-corrected chi connectivity index (χ3v) is 6.59. The van der Waals surface area contributed by atoms with Crippen molar-refractivity contribution < 1.29 is 17.8 Å². The number of hydrogen-bond donors (Lipinski definition) is 1. The van der Waals surface area contributed by atoms with Crippen LogP contribution in [0.1, 0.15) is 36.3 Å². The summed E-state index contributed by atoms with van der Waals surface area (Å²) < 4.78 is 46.5. The number of nitrogens with zero attached hydrogens (tertiary/aromatic N) is 7. The molecule has 0 radical (unpaired) electrons. The van der Waals surface area contributed by atoms with Crippen LogP contribution in [0, 0.1) is 0 Å². The molecule has 1 atom stereocenters. The third kappa shape index (κ3) is 4.05. The number of rotatable bonds is 5. The molecule has 4 heterocycles. The van der Waals surface area contributed by atoms with Crippen molar-refractivity contribution in [3.8, 4) is 17.1 Å². The van der Waals surface area contributed by atoms with Gasteiger partial charge in [-0.15, -0.1) is 10.2 Å². The molecule has 8 nitrogen and oxygen atoms in total. The van der Waals surface area contributed by atoms with Gasteiger partial charge in [0.05, 0.1) is 23.4 Å². The van der Waals surface area contributed by atoms with Gasteiger partial charge in [-0.1, -0.05) is 16.8 Å². The Balaban J connectivity index is 1.23. The normalized spacial score (nSPS) is 18.5. The molecular formula is C24H24F3N8+. The molecule has 180 valence electrons. The van der Waals surface area contributed by atoms with Crippen LogP contribution in [-0.4, -0.2) is 49.0 Å². The first-order valence-corrected chi connectivity index (χ1v) is 11.5. The summed E-state index contributed by atoms with van der Waals surface area (Å²) in [5, 5.41) is 8.37. The summed E-state index contributed by atoms with van der Waals surface area (Å²) in [5.74, 6) is 0.851. The van der Waals surface area contributed by atoms with Crippen LogP contribution in [0.25, 0.3) is 17.1 Å². The Morgan fingerprint density at radius 2 is 1.89 bits per heavy atom. The second-order valence-electron chi connectivity index (χ2n) is 9.07. The fourth-order valence-electron chi connectivity index (χ4n) is 4.71. The van der Waals surface area contributed by atoms with Gasteiger partial charge in [-0.2, -0.15) is 18.6 Å². The predicted octanol–water partition coefficient (Wildman–Crippen LogP) is 3.72. The minimum Gasteiger partial charge on any atom is -0.310 e. The molecule has 11 heteroatoms. The van der Waals surface area contributed by atoms with E-state index >= 15 is 0 Å². The lowest BCUT2D eigenvalue weighted by atomic mass is 10.0. The van der Waals surface area contributed by atoms with E-state index in [0.717, 1.165) is 35.6 Å². The molecule has 1 aliphatic carbocycles. The Morgan fingerprint density at radius 3 is 2.63 bits per heavy atom. The maximum Gasteiger partial charge on any atom is 0.409 e. The summed E-state index contributed by atoms with van der Waals surface area (Å²) in [6.45, 7) is 0.322. The number of aromatic nitrogens is 6. The molecular weight excluding hydrogens is 457 g/mol. The average Bonchev–Trinajstić information content (AvgIpc) is 3.40. The summed E-state index contributed by atoms with van der Waals surface area (Å²) in [6, 6.07) is 10.5. The van der Waals surface area contributed by atoms with Crippen molar-refractivity contribution in [1.82, 2.24) is 29.2 Å². The van der Waals surface area contributed by atoms with Crippen molar-refractivity contribution in [2.45, 2.75) is 37.5 Å². The fourth-order valence-corrected chi connectivity index (χ4v) is 4.71. The molecule has 4 aromatic rings. The van der Waals surface area contributed by atoms with E-state index < -0.39 is 12.2 Å².